The van der Waals surface area contributed by atoms with Gasteiger partial charge < -0.3 is 14.8 Å². The zero-order valence-electron chi connectivity index (χ0n) is 15.7. The topological polar surface area (TPSA) is 138 Å². The summed E-state index contributed by atoms with van der Waals surface area (Å²) in [6.07, 6.45) is 1.28. The van der Waals surface area contributed by atoms with E-state index in [0.29, 0.717) is 22.8 Å². The van der Waals surface area contributed by atoms with Crippen LogP contribution in [-0.4, -0.2) is 39.2 Å². The molecule has 29 heavy (non-hydrogen) atoms. The highest BCUT2D eigenvalue weighted by Crippen LogP contribution is 2.17. The van der Waals surface area contributed by atoms with Gasteiger partial charge in [0.05, 0.1) is 24.0 Å². The number of hydrazine groups is 1. The number of amides is 3. The molecule has 0 aliphatic rings. The lowest BCUT2D eigenvalue weighted by atomic mass is 10.2. The van der Waals surface area contributed by atoms with Gasteiger partial charge in [0, 0.05) is 0 Å². The third kappa shape index (κ3) is 4.61. The van der Waals surface area contributed by atoms with E-state index in [0.717, 1.165) is 0 Å². The highest BCUT2D eigenvalue weighted by atomic mass is 16.3. The summed E-state index contributed by atoms with van der Waals surface area (Å²) in [6, 6.07) is 10.5. The maximum Gasteiger partial charge on any atom is 0.294 e. The minimum Gasteiger partial charge on any atom is -0.504 e. The molecule has 0 fully saturated rings. The molecule has 1 aromatic carbocycles. The van der Waals surface area contributed by atoms with E-state index in [-0.39, 0.29) is 18.0 Å². The number of aromatic hydroxyl groups is 1. The molecular weight excluding hydrogens is 378 g/mol. The van der Waals surface area contributed by atoms with Gasteiger partial charge in [0.2, 0.25) is 0 Å². The van der Waals surface area contributed by atoms with Crippen LogP contribution in [0.5, 0.6) is 5.75 Å². The van der Waals surface area contributed by atoms with Crippen LogP contribution in [0.3, 0.4) is 0 Å². The molecule has 10 nitrogen and oxygen atoms in total. The Morgan fingerprint density at radius 2 is 1.83 bits per heavy atom. The van der Waals surface area contributed by atoms with Gasteiger partial charge in [-0.2, -0.15) is 5.10 Å². The predicted octanol–water partition coefficient (Wildman–Crippen LogP) is 0.979. The largest absolute Gasteiger partial charge is 0.504 e. The summed E-state index contributed by atoms with van der Waals surface area (Å²) in [4.78, 5) is 36.1. The minimum absolute atomic E-state index is 0.261. The van der Waals surface area contributed by atoms with Crippen LogP contribution in [0.15, 0.2) is 47.0 Å². The smallest absolute Gasteiger partial charge is 0.294 e. The average molecular weight is 397 g/mol. The molecule has 0 spiro atoms. The number of para-hydroxylation sites is 1. The van der Waals surface area contributed by atoms with Crippen LogP contribution in [0.25, 0.3) is 5.69 Å². The fraction of sp³-hybridized carbons (Fsp3) is 0.158. The van der Waals surface area contributed by atoms with Crippen molar-refractivity contribution in [1.82, 2.24) is 25.9 Å². The van der Waals surface area contributed by atoms with Crippen LogP contribution in [0.2, 0.25) is 0 Å². The number of rotatable bonds is 5. The third-order valence-corrected chi connectivity index (χ3v) is 3.94. The third-order valence-electron chi connectivity index (χ3n) is 3.94. The number of carbonyl (C=O) groups is 3. The van der Waals surface area contributed by atoms with Crippen LogP contribution in [-0.2, 0) is 4.79 Å². The lowest BCUT2D eigenvalue weighted by molar-refractivity contribution is -0.120. The highest BCUT2D eigenvalue weighted by molar-refractivity contribution is 5.98. The summed E-state index contributed by atoms with van der Waals surface area (Å²) in [5.41, 5.74) is 5.01. The van der Waals surface area contributed by atoms with Gasteiger partial charge in [0.15, 0.2) is 11.4 Å². The fourth-order valence-corrected chi connectivity index (χ4v) is 2.58. The second-order valence-electron chi connectivity index (χ2n) is 6.15. The number of benzene rings is 1. The summed E-state index contributed by atoms with van der Waals surface area (Å²) >= 11 is 0. The van der Waals surface area contributed by atoms with Gasteiger partial charge in [0.1, 0.15) is 11.5 Å². The molecule has 0 saturated heterocycles. The first-order valence-corrected chi connectivity index (χ1v) is 8.63. The molecule has 10 heteroatoms. The molecule has 150 valence electrons. The van der Waals surface area contributed by atoms with Gasteiger partial charge in [-0.15, -0.1) is 0 Å². The second kappa shape index (κ2) is 8.30. The number of furan rings is 1. The Kier molecular flexibility index (Phi) is 5.63. The molecule has 0 unspecified atom stereocenters. The number of hydrogen-bond donors (Lipinski definition) is 4. The first kappa shape index (κ1) is 19.7. The highest BCUT2D eigenvalue weighted by Gasteiger charge is 2.18. The summed E-state index contributed by atoms with van der Waals surface area (Å²) < 4.78 is 6.60. The van der Waals surface area contributed by atoms with Crippen molar-refractivity contribution in [2.45, 2.75) is 13.8 Å². The van der Waals surface area contributed by atoms with E-state index >= 15 is 0 Å². The van der Waals surface area contributed by atoms with Gasteiger partial charge >= 0.3 is 0 Å². The molecule has 2 aromatic heterocycles. The summed E-state index contributed by atoms with van der Waals surface area (Å²) in [6.45, 7) is 2.98. The molecule has 0 saturated carbocycles. The Labute approximate surface area is 165 Å². The molecule has 3 rings (SSSR count). The van der Waals surface area contributed by atoms with E-state index in [2.05, 4.69) is 21.3 Å². The zero-order valence-corrected chi connectivity index (χ0v) is 15.7. The first-order chi connectivity index (χ1) is 13.8. The molecule has 0 aliphatic heterocycles. The fourth-order valence-electron chi connectivity index (χ4n) is 2.58. The van der Waals surface area contributed by atoms with E-state index in [1.54, 1.807) is 44.2 Å². The first-order valence-electron chi connectivity index (χ1n) is 8.63. The maximum absolute atomic E-state index is 12.2. The second-order valence-corrected chi connectivity index (χ2v) is 6.15. The van der Waals surface area contributed by atoms with E-state index < -0.39 is 17.7 Å². The van der Waals surface area contributed by atoms with Gasteiger partial charge in [-0.3, -0.25) is 25.2 Å². The van der Waals surface area contributed by atoms with E-state index in [1.807, 2.05) is 6.07 Å². The summed E-state index contributed by atoms with van der Waals surface area (Å²) in [5.74, 6) is -1.26. The van der Waals surface area contributed by atoms with Crippen molar-refractivity contribution < 1.29 is 23.9 Å². The quantitative estimate of drug-likeness (QED) is 0.474. The van der Waals surface area contributed by atoms with Crippen LogP contribution < -0.4 is 16.2 Å². The number of nitrogens with zero attached hydrogens (tertiary/aromatic N) is 2. The molecule has 0 aliphatic carbocycles. The van der Waals surface area contributed by atoms with Crippen LogP contribution in [0.1, 0.15) is 32.4 Å². The van der Waals surface area contributed by atoms with Crippen molar-refractivity contribution in [3.63, 3.8) is 0 Å². The SMILES string of the molecule is Cc1cc(C(=O)NCC(=O)NNC(=O)c2nn(-c3ccccc3)cc2O)c(C)o1. The number of carbonyl (C=O) groups excluding carboxylic acids is 3. The van der Waals surface area contributed by atoms with Crippen LogP contribution in [0, 0.1) is 13.8 Å². The molecule has 0 radical (unpaired) electrons. The zero-order chi connectivity index (χ0) is 21.0. The van der Waals surface area contributed by atoms with Crippen molar-refractivity contribution in [2.24, 2.45) is 0 Å². The molecule has 4 N–H and O–H groups in total. The monoisotopic (exact) mass is 397 g/mol. The number of aromatic nitrogens is 2. The van der Waals surface area contributed by atoms with E-state index in [4.69, 9.17) is 4.42 Å². The standard InChI is InChI=1S/C19H19N5O5/c1-11-8-14(12(2)29-11)18(27)20-9-16(26)21-22-19(28)17-15(25)10-24(23-17)13-6-4-3-5-7-13/h3-8,10,25H,9H2,1-2H3,(H,20,27)(H,21,26)(H,22,28). The maximum atomic E-state index is 12.2. The molecular formula is C19H19N5O5. The van der Waals surface area contributed by atoms with Crippen molar-refractivity contribution in [1.29, 1.82) is 0 Å². The van der Waals surface area contributed by atoms with E-state index in [1.165, 1.54) is 10.9 Å². The van der Waals surface area contributed by atoms with Crippen LogP contribution in [0.4, 0.5) is 0 Å². The molecule has 3 aromatic rings. The average Bonchev–Trinajstić information content (AvgIpc) is 3.26. The van der Waals surface area contributed by atoms with Crippen LogP contribution >= 0.6 is 0 Å². The number of hydrogen-bond acceptors (Lipinski definition) is 6. The Hall–Kier alpha value is -4.08. The van der Waals surface area contributed by atoms with Crippen molar-refractivity contribution in [2.75, 3.05) is 6.54 Å². The lowest BCUT2D eigenvalue weighted by Crippen LogP contribution is -2.46. The number of nitrogens with one attached hydrogen (secondary N) is 3. The Balaban J connectivity index is 1.53. The molecule has 0 bridgehead atoms. The van der Waals surface area contributed by atoms with Crippen molar-refractivity contribution >= 4 is 17.7 Å². The summed E-state index contributed by atoms with van der Waals surface area (Å²) in [7, 11) is 0. The lowest BCUT2D eigenvalue weighted by Gasteiger charge is -2.07. The van der Waals surface area contributed by atoms with Gasteiger partial charge in [-0.25, -0.2) is 4.68 Å². The molecule has 3 amide bonds. The number of aryl methyl sites for hydroxylation is 2. The van der Waals surface area contributed by atoms with Gasteiger partial charge in [-0.05, 0) is 32.0 Å². The van der Waals surface area contributed by atoms with Gasteiger partial charge in [-0.1, -0.05) is 18.2 Å². The summed E-state index contributed by atoms with van der Waals surface area (Å²) in [5, 5.41) is 16.4. The molecule has 0 atom stereocenters. The Morgan fingerprint density at radius 1 is 1.10 bits per heavy atom. The Morgan fingerprint density at radius 3 is 2.48 bits per heavy atom. The van der Waals surface area contributed by atoms with Crippen molar-refractivity contribution in [3.05, 3.63) is 65.4 Å². The predicted molar refractivity (Wildman–Crippen MR) is 101 cm³/mol. The molecule has 2 heterocycles. The Bertz CT molecular complexity index is 1050. The normalized spacial score (nSPS) is 10.4. The van der Waals surface area contributed by atoms with Gasteiger partial charge in [0.25, 0.3) is 17.7 Å². The minimum atomic E-state index is -0.807. The van der Waals surface area contributed by atoms with Crippen molar-refractivity contribution in [3.8, 4) is 11.4 Å². The van der Waals surface area contributed by atoms with E-state index in [9.17, 15) is 19.5 Å².